The summed E-state index contributed by atoms with van der Waals surface area (Å²) in [4.78, 5) is 64.3. The second-order valence-electron chi connectivity index (χ2n) is 30.8. The van der Waals surface area contributed by atoms with Crippen molar-refractivity contribution < 1.29 is 8.78 Å². The van der Waals surface area contributed by atoms with Gasteiger partial charge in [-0.05, 0) is 154 Å². The Labute approximate surface area is 591 Å². The maximum absolute atomic E-state index is 15.5. The maximum atomic E-state index is 15.5. The molecule has 12 aromatic rings. The number of aromatic nitrogens is 15. The molecule has 0 radical (unpaired) electrons. The molecule has 28 heteroatoms. The Bertz CT molecular complexity index is 5040. The van der Waals surface area contributed by atoms with E-state index in [0.717, 1.165) is 88.8 Å². The summed E-state index contributed by atoms with van der Waals surface area (Å²) in [5.74, 6) is 1.74. The van der Waals surface area contributed by atoms with Gasteiger partial charge in [-0.25, -0.2) is 63.6 Å². The lowest BCUT2D eigenvalue weighted by Crippen LogP contribution is -2.68. The third-order valence-corrected chi connectivity index (χ3v) is 23.3. The van der Waals surface area contributed by atoms with Gasteiger partial charge in [0.15, 0.2) is 44.2 Å². The molecule has 4 aliphatic heterocycles. The molecule has 4 fully saturated rings. The van der Waals surface area contributed by atoms with Gasteiger partial charge in [-0.1, -0.05) is 34.0 Å². The number of imidazole rings is 2. The average Bonchev–Trinajstić information content (AvgIpc) is 1.17. The molecular formula is C72H83F2N23S3. The van der Waals surface area contributed by atoms with Crippen LogP contribution in [0.3, 0.4) is 0 Å². The van der Waals surface area contributed by atoms with Crippen LogP contribution in [0.1, 0.15) is 142 Å². The van der Waals surface area contributed by atoms with Crippen LogP contribution in [0.5, 0.6) is 0 Å². The second kappa shape index (κ2) is 24.7. The van der Waals surface area contributed by atoms with E-state index in [9.17, 15) is 10.5 Å². The van der Waals surface area contributed by atoms with Crippen molar-refractivity contribution in [2.75, 3.05) is 35.8 Å². The molecule has 0 saturated carbocycles. The predicted octanol–water partition coefficient (Wildman–Crippen LogP) is 13.1. The SMILES string of the molecule is Cc1cn2cc(-c3ncc4nc(N(C)C5CC(C)(C)NC(C)(C)[C@H]5F)sc4n3)cc(C#N)c2n1.Cc1cn2cc(-c3ncc4nc(N(C)C5CC6(C)CCC(C)(C5)N6)sc4n3)cc2c(C)n1.Cc1cn2cc(-c3ncc4nc(N(C)[C@@H]5CC(C)(C)NC(C)(C)[C@@H]5F)sc4n3)cc(C#N)c2n1. The molecule has 518 valence electrons. The first-order valence-corrected chi connectivity index (χ1v) is 36.1. The Morgan fingerprint density at radius 1 is 0.470 bits per heavy atom. The van der Waals surface area contributed by atoms with Gasteiger partial charge in [0.2, 0.25) is 0 Å². The van der Waals surface area contributed by atoms with Crippen LogP contribution < -0.4 is 30.7 Å². The van der Waals surface area contributed by atoms with E-state index in [1.807, 2.05) is 125 Å². The lowest BCUT2D eigenvalue weighted by molar-refractivity contribution is 0.0568. The number of nitriles is 2. The number of aryl methyl sites for hydroxylation is 4. The van der Waals surface area contributed by atoms with E-state index in [2.05, 4.69) is 128 Å². The van der Waals surface area contributed by atoms with Gasteiger partial charge in [0.1, 0.15) is 55.5 Å². The largest absolute Gasteiger partial charge is 0.348 e. The minimum absolute atomic E-state index is 0.197. The number of halogens is 2. The molecule has 0 aromatic carbocycles. The zero-order chi connectivity index (χ0) is 71.1. The molecule has 3 N–H and O–H groups in total. The molecule has 2 bridgehead atoms. The van der Waals surface area contributed by atoms with E-state index < -0.39 is 23.4 Å². The first-order chi connectivity index (χ1) is 47.1. The Balaban J connectivity index is 0.000000128. The first-order valence-electron chi connectivity index (χ1n) is 33.7. The van der Waals surface area contributed by atoms with E-state index in [1.54, 1.807) is 35.9 Å². The molecule has 6 atom stereocenters. The molecule has 16 heterocycles. The molecule has 0 aliphatic carbocycles. The van der Waals surface area contributed by atoms with E-state index >= 15 is 8.78 Å². The molecule has 12 aromatic heterocycles. The number of nitrogens with one attached hydrogen (secondary N) is 3. The van der Waals surface area contributed by atoms with Gasteiger partial charge >= 0.3 is 0 Å². The smallest absolute Gasteiger partial charge is 0.188 e. The summed E-state index contributed by atoms with van der Waals surface area (Å²) in [6.07, 6.45) is 20.8. The van der Waals surface area contributed by atoms with Crippen LogP contribution in [0.4, 0.5) is 24.2 Å². The van der Waals surface area contributed by atoms with E-state index in [4.69, 9.17) is 29.9 Å². The minimum atomic E-state index is -1.06. The number of rotatable bonds is 9. The van der Waals surface area contributed by atoms with Crippen molar-refractivity contribution in [3.8, 4) is 46.3 Å². The van der Waals surface area contributed by atoms with E-state index in [1.165, 1.54) is 35.5 Å². The van der Waals surface area contributed by atoms with Gasteiger partial charge in [0.05, 0.1) is 70.1 Å². The van der Waals surface area contributed by atoms with Crippen molar-refractivity contribution in [3.05, 3.63) is 108 Å². The summed E-state index contributed by atoms with van der Waals surface area (Å²) in [7, 11) is 5.98. The molecule has 0 amide bonds. The Morgan fingerprint density at radius 2 is 0.840 bits per heavy atom. The Morgan fingerprint density at radius 3 is 1.25 bits per heavy atom. The Hall–Kier alpha value is -8.90. The highest BCUT2D eigenvalue weighted by Crippen LogP contribution is 2.46. The number of hydrogen-bond acceptors (Lipinski definition) is 23. The number of pyridine rings is 2. The van der Waals surface area contributed by atoms with Crippen molar-refractivity contribution in [1.29, 1.82) is 10.5 Å². The lowest BCUT2D eigenvalue weighted by Gasteiger charge is -2.51. The van der Waals surface area contributed by atoms with Gasteiger partial charge in [0.25, 0.3) is 0 Å². The number of thiazole rings is 3. The predicted molar refractivity (Wildman–Crippen MR) is 393 cm³/mol. The highest BCUT2D eigenvalue weighted by molar-refractivity contribution is 7.22. The van der Waals surface area contributed by atoms with Crippen LogP contribution in [-0.2, 0) is 0 Å². The zero-order valence-electron chi connectivity index (χ0n) is 59.5. The molecular weight excluding hydrogens is 1320 g/mol. The fourth-order valence-corrected chi connectivity index (χ4v) is 18.7. The van der Waals surface area contributed by atoms with Crippen LogP contribution in [0.15, 0.2) is 74.0 Å². The molecule has 4 aliphatic rings. The van der Waals surface area contributed by atoms with Crippen LogP contribution in [0.25, 0.3) is 82.0 Å². The second-order valence-corrected chi connectivity index (χ2v) is 33.7. The van der Waals surface area contributed by atoms with Crippen LogP contribution in [-0.4, -0.2) is 158 Å². The van der Waals surface area contributed by atoms with Gasteiger partial charge in [0, 0.05) is 114 Å². The quantitative estimate of drug-likeness (QED) is 0.121. The monoisotopic (exact) mass is 1400 g/mol. The highest BCUT2D eigenvalue weighted by Gasteiger charge is 2.51. The molecule has 4 saturated heterocycles. The molecule has 100 heavy (non-hydrogen) atoms. The summed E-state index contributed by atoms with van der Waals surface area (Å²) in [5, 5.41) is 32.3. The number of hydrogen-bond donors (Lipinski definition) is 3. The van der Waals surface area contributed by atoms with Crippen molar-refractivity contribution in [3.63, 3.8) is 0 Å². The zero-order valence-corrected chi connectivity index (χ0v) is 61.9. The van der Waals surface area contributed by atoms with Gasteiger partial charge < -0.3 is 43.9 Å². The van der Waals surface area contributed by atoms with Gasteiger partial charge in [-0.2, -0.15) is 10.5 Å². The number of anilines is 3. The summed E-state index contributed by atoms with van der Waals surface area (Å²) in [6, 6.07) is 9.89. The molecule has 16 rings (SSSR count). The summed E-state index contributed by atoms with van der Waals surface area (Å²) < 4.78 is 36.7. The van der Waals surface area contributed by atoms with Gasteiger partial charge in [-0.3, -0.25) is 4.98 Å². The number of fused-ring (bicyclic) bond motifs is 8. The van der Waals surface area contributed by atoms with Crippen molar-refractivity contribution in [1.82, 2.24) is 89.0 Å². The summed E-state index contributed by atoms with van der Waals surface area (Å²) in [5.41, 5.74) is 10.3. The first kappa shape index (κ1) is 68.2. The summed E-state index contributed by atoms with van der Waals surface area (Å²) in [6.45, 7) is 28.6. The minimum Gasteiger partial charge on any atom is -0.348 e. The summed E-state index contributed by atoms with van der Waals surface area (Å²) >= 11 is 4.51. The molecule has 23 nitrogen and oxygen atoms in total. The third-order valence-electron chi connectivity index (χ3n) is 20.1. The third kappa shape index (κ3) is 12.9. The fourth-order valence-electron chi connectivity index (χ4n) is 15.8. The molecule has 0 spiro atoms. The average molecular weight is 1400 g/mol. The van der Waals surface area contributed by atoms with E-state index in [0.29, 0.717) is 74.3 Å². The van der Waals surface area contributed by atoms with Crippen molar-refractivity contribution in [2.24, 2.45) is 0 Å². The number of alkyl halides is 2. The lowest BCUT2D eigenvalue weighted by atomic mass is 9.77. The van der Waals surface area contributed by atoms with Crippen molar-refractivity contribution >= 4 is 97.3 Å². The Kier molecular flexibility index (Phi) is 16.9. The fraction of sp³-hybridized carbons (Fsp3) is 0.472. The van der Waals surface area contributed by atoms with Gasteiger partial charge in [-0.15, -0.1) is 0 Å². The standard InChI is InChI=1S/2C24H27FN8S.C24H29N7S/c2*1-13-11-33-12-15(7-14(9-26)20(33)28-13)19-27-10-16-21(30-19)34-22(29-16)32(6)17-8-23(2,3)31-24(4,5)18(17)25;1-14-12-31-13-16(8-19(31)15(2)26-14)20-25-11-18-21(28-20)32-22(27-18)30(5)17-9-23(3)6-7-24(4,10-17)29-23/h2*7,10-12,17-18,31H,8H2,1-6H3;8,11-13,17,29H,6-7,9-10H2,1-5H3/t17?,18-;17-,18-;/m01./s1. The van der Waals surface area contributed by atoms with Crippen LogP contribution >= 0.6 is 34.0 Å². The van der Waals surface area contributed by atoms with E-state index in [-0.39, 0.29) is 34.2 Å². The van der Waals surface area contributed by atoms with Crippen LogP contribution in [0.2, 0.25) is 0 Å². The number of nitrogens with zero attached hydrogens (tertiary/aromatic N) is 20. The maximum Gasteiger partial charge on any atom is 0.188 e. The topological polar surface area (TPSA) is 261 Å². The number of piperidine rings is 3. The molecule has 3 unspecified atom stereocenters. The van der Waals surface area contributed by atoms with Crippen molar-refractivity contribution in [2.45, 2.75) is 199 Å². The van der Waals surface area contributed by atoms with Crippen LogP contribution in [0, 0.1) is 50.4 Å². The normalized spacial score (nSPS) is 23.5. The highest BCUT2D eigenvalue weighted by atomic mass is 32.1.